The van der Waals surface area contributed by atoms with Crippen LogP contribution in [0.1, 0.15) is 25.8 Å². The Bertz CT molecular complexity index is 434. The lowest BCUT2D eigenvalue weighted by Gasteiger charge is -2.11. The van der Waals surface area contributed by atoms with Crippen molar-refractivity contribution < 1.29 is 18.7 Å². The first-order valence-electron chi connectivity index (χ1n) is 7.19. The molecule has 1 N–H and O–H groups in total. The molecule has 1 aromatic carbocycles. The van der Waals surface area contributed by atoms with Gasteiger partial charge in [0.05, 0.1) is 7.11 Å². The van der Waals surface area contributed by atoms with Gasteiger partial charge in [-0.15, -0.1) is 0 Å². The maximum atomic E-state index is 9.51. The van der Waals surface area contributed by atoms with Crippen LogP contribution in [0.2, 0.25) is 6.04 Å². The maximum Gasteiger partial charge on any atom is 0.384 e. The smallest absolute Gasteiger partial charge is 0.384 e. The molecule has 6 heteroatoms. The Morgan fingerprint density at radius 1 is 1.24 bits per heavy atom. The third-order valence-electron chi connectivity index (χ3n) is 2.72. The average molecular weight is 310 g/mol. The zero-order valence-electron chi connectivity index (χ0n) is 13.0. The molecule has 0 heterocycles. The third kappa shape index (κ3) is 6.75. The number of hydrogen-bond donors (Lipinski definition) is 1. The van der Waals surface area contributed by atoms with Crippen molar-refractivity contribution in [1.82, 2.24) is 0 Å². The highest BCUT2D eigenvalue weighted by atomic mass is 28.3. The number of phenolic OH excluding ortho intramolecular Hbond substituents is 1. The fraction of sp³-hybridized carbons (Fsp3) is 0.533. The Kier molecular flexibility index (Phi) is 8.73. The summed E-state index contributed by atoms with van der Waals surface area (Å²) < 4.78 is 16.2. The standard InChI is InChI=1S/C15H24NO4Si/c1-4-19-21(20-5-2)10-6-9-16-12-13-7-8-14(17)15(11-13)18-3/h7-8,11-12,17H,4-6,9-10H2,1-3H3. The van der Waals surface area contributed by atoms with Crippen LogP contribution in [-0.4, -0.2) is 47.5 Å². The van der Waals surface area contributed by atoms with Crippen LogP contribution in [-0.2, 0) is 8.85 Å². The van der Waals surface area contributed by atoms with Crippen LogP contribution in [0.4, 0.5) is 0 Å². The van der Waals surface area contributed by atoms with Gasteiger partial charge in [0.1, 0.15) is 0 Å². The summed E-state index contributed by atoms with van der Waals surface area (Å²) in [7, 11) is 0.395. The summed E-state index contributed by atoms with van der Waals surface area (Å²) in [6.07, 6.45) is 2.73. The largest absolute Gasteiger partial charge is 0.504 e. The van der Waals surface area contributed by atoms with Gasteiger partial charge in [-0.2, -0.15) is 0 Å². The van der Waals surface area contributed by atoms with Gasteiger partial charge in [-0.05, 0) is 50.1 Å². The van der Waals surface area contributed by atoms with Crippen molar-refractivity contribution in [1.29, 1.82) is 0 Å². The summed E-state index contributed by atoms with van der Waals surface area (Å²) in [5, 5.41) is 9.51. The second kappa shape index (κ2) is 10.4. The Morgan fingerprint density at radius 2 is 1.95 bits per heavy atom. The predicted octanol–water partition coefficient (Wildman–Crippen LogP) is 2.77. The topological polar surface area (TPSA) is 60.3 Å². The van der Waals surface area contributed by atoms with Crippen molar-refractivity contribution in [3.8, 4) is 11.5 Å². The number of ether oxygens (including phenoxy) is 1. The molecular weight excluding hydrogens is 286 g/mol. The van der Waals surface area contributed by atoms with E-state index in [0.717, 1.165) is 24.6 Å². The number of aromatic hydroxyl groups is 1. The summed E-state index contributed by atoms with van der Waals surface area (Å²) in [6.45, 7) is 6.10. The lowest BCUT2D eigenvalue weighted by atomic mass is 10.2. The number of hydrogen-bond acceptors (Lipinski definition) is 5. The van der Waals surface area contributed by atoms with Gasteiger partial charge in [-0.3, -0.25) is 4.99 Å². The fourth-order valence-electron chi connectivity index (χ4n) is 1.77. The highest BCUT2D eigenvalue weighted by Gasteiger charge is 2.13. The van der Waals surface area contributed by atoms with Crippen molar-refractivity contribution in [3.63, 3.8) is 0 Å². The van der Waals surface area contributed by atoms with Crippen molar-refractivity contribution in [2.45, 2.75) is 26.3 Å². The summed E-state index contributed by atoms with van der Waals surface area (Å²) >= 11 is 0. The van der Waals surface area contributed by atoms with Gasteiger partial charge >= 0.3 is 9.28 Å². The third-order valence-corrected chi connectivity index (χ3v) is 4.71. The van der Waals surface area contributed by atoms with Crippen LogP contribution in [0, 0.1) is 0 Å². The Hall–Kier alpha value is -1.37. The van der Waals surface area contributed by atoms with Crippen LogP contribution in [0.25, 0.3) is 0 Å². The molecule has 0 atom stereocenters. The van der Waals surface area contributed by atoms with Crippen LogP contribution < -0.4 is 4.74 Å². The Balaban J connectivity index is 2.37. The van der Waals surface area contributed by atoms with E-state index in [9.17, 15) is 5.11 Å². The molecule has 0 aliphatic rings. The highest BCUT2D eigenvalue weighted by Crippen LogP contribution is 2.25. The van der Waals surface area contributed by atoms with Crippen LogP contribution in [0.15, 0.2) is 23.2 Å². The van der Waals surface area contributed by atoms with Crippen molar-refractivity contribution in [2.75, 3.05) is 26.9 Å². The summed E-state index contributed by atoms with van der Waals surface area (Å²) in [5.74, 6) is 0.590. The molecule has 0 spiro atoms. The van der Waals surface area contributed by atoms with E-state index in [0.29, 0.717) is 19.0 Å². The van der Waals surface area contributed by atoms with E-state index in [4.69, 9.17) is 13.6 Å². The first kappa shape index (κ1) is 17.7. The summed E-state index contributed by atoms with van der Waals surface area (Å²) in [5.41, 5.74) is 0.907. The van der Waals surface area contributed by atoms with Crippen molar-refractivity contribution in [3.05, 3.63) is 23.8 Å². The number of rotatable bonds is 10. The van der Waals surface area contributed by atoms with Crippen LogP contribution in [0.3, 0.4) is 0 Å². The quantitative estimate of drug-likeness (QED) is 0.410. The number of nitrogens with zero attached hydrogens (tertiary/aromatic N) is 1. The van der Waals surface area contributed by atoms with Crippen molar-refractivity contribution in [2.24, 2.45) is 4.99 Å². The second-order valence-electron chi connectivity index (χ2n) is 4.31. The van der Waals surface area contributed by atoms with E-state index < -0.39 is 9.28 Å². The van der Waals surface area contributed by atoms with Gasteiger partial charge < -0.3 is 18.7 Å². The molecule has 1 aromatic rings. The van der Waals surface area contributed by atoms with Crippen molar-refractivity contribution >= 4 is 15.5 Å². The lowest BCUT2D eigenvalue weighted by molar-refractivity contribution is 0.213. The number of phenols is 1. The minimum Gasteiger partial charge on any atom is -0.504 e. The van der Waals surface area contributed by atoms with E-state index in [1.807, 2.05) is 13.8 Å². The monoisotopic (exact) mass is 310 g/mol. The number of methoxy groups -OCH3 is 1. The molecule has 0 amide bonds. The zero-order chi connectivity index (χ0) is 15.5. The van der Waals surface area contributed by atoms with Gasteiger partial charge in [0.25, 0.3) is 0 Å². The van der Waals surface area contributed by atoms with E-state index in [-0.39, 0.29) is 5.75 Å². The van der Waals surface area contributed by atoms with E-state index >= 15 is 0 Å². The minimum atomic E-state index is -1.13. The molecule has 0 aliphatic heterocycles. The second-order valence-corrected chi connectivity index (χ2v) is 6.13. The molecule has 0 aromatic heterocycles. The van der Waals surface area contributed by atoms with Crippen LogP contribution in [0.5, 0.6) is 11.5 Å². The SMILES string of the molecule is CCO[Si](CCCN=Cc1ccc(O)c(OC)c1)OCC. The zero-order valence-corrected chi connectivity index (χ0v) is 14.0. The fourth-order valence-corrected chi connectivity index (χ4v) is 3.23. The van der Waals surface area contributed by atoms with Crippen LogP contribution >= 0.6 is 0 Å². The molecule has 117 valence electrons. The number of benzene rings is 1. The Labute approximate surface area is 128 Å². The van der Waals surface area contributed by atoms with Gasteiger partial charge in [0.2, 0.25) is 0 Å². The normalized spacial score (nSPS) is 11.4. The molecular formula is C15H24NO4Si. The van der Waals surface area contributed by atoms with Gasteiger partial charge in [0.15, 0.2) is 11.5 Å². The molecule has 0 aliphatic carbocycles. The van der Waals surface area contributed by atoms with Gasteiger partial charge in [-0.25, -0.2) is 0 Å². The predicted molar refractivity (Wildman–Crippen MR) is 85.5 cm³/mol. The molecule has 1 radical (unpaired) electrons. The minimum absolute atomic E-state index is 0.135. The highest BCUT2D eigenvalue weighted by molar-refractivity contribution is 6.44. The molecule has 1 rings (SSSR count). The lowest BCUT2D eigenvalue weighted by Crippen LogP contribution is -2.22. The summed E-state index contributed by atoms with van der Waals surface area (Å²) in [6, 6.07) is 6.10. The van der Waals surface area contributed by atoms with E-state index in [1.54, 1.807) is 24.4 Å². The first-order valence-corrected chi connectivity index (χ1v) is 8.71. The van der Waals surface area contributed by atoms with Gasteiger partial charge in [-0.1, -0.05) is 0 Å². The summed E-state index contributed by atoms with van der Waals surface area (Å²) in [4.78, 5) is 4.38. The molecule has 0 fully saturated rings. The number of aliphatic imine (C=N–C) groups is 1. The maximum absolute atomic E-state index is 9.51. The first-order chi connectivity index (χ1) is 10.2. The molecule has 0 saturated heterocycles. The molecule has 0 saturated carbocycles. The molecule has 0 bridgehead atoms. The molecule has 5 nitrogen and oxygen atoms in total. The Morgan fingerprint density at radius 3 is 2.57 bits per heavy atom. The van der Waals surface area contributed by atoms with E-state index in [2.05, 4.69) is 4.99 Å². The molecule has 0 unspecified atom stereocenters. The van der Waals surface area contributed by atoms with Gasteiger partial charge in [0, 0.05) is 26.0 Å². The average Bonchev–Trinajstić information content (AvgIpc) is 2.49. The molecule has 21 heavy (non-hydrogen) atoms. The van der Waals surface area contributed by atoms with E-state index in [1.165, 1.54) is 7.11 Å².